The average molecular weight is 331 g/mol. The number of para-hydroxylation sites is 1. The van der Waals surface area contributed by atoms with Gasteiger partial charge in [0.2, 0.25) is 0 Å². The lowest BCUT2D eigenvalue weighted by molar-refractivity contribution is 0.00317. The SMILES string of the molecule is COCCNCc1cccc(OC)c1OCOCc1ccccc1. The molecular formula is C19H25NO4. The third kappa shape index (κ3) is 5.85. The molecule has 2 rings (SSSR count). The molecule has 2 aromatic carbocycles. The molecule has 0 atom stereocenters. The smallest absolute Gasteiger partial charge is 0.189 e. The van der Waals surface area contributed by atoms with E-state index in [-0.39, 0.29) is 6.79 Å². The highest BCUT2D eigenvalue weighted by atomic mass is 16.7. The summed E-state index contributed by atoms with van der Waals surface area (Å²) in [4.78, 5) is 0. The molecule has 0 saturated heterocycles. The molecule has 24 heavy (non-hydrogen) atoms. The monoisotopic (exact) mass is 331 g/mol. The Hall–Kier alpha value is -2.08. The Kier molecular flexibility index (Phi) is 8.10. The molecule has 0 heterocycles. The first-order valence-electron chi connectivity index (χ1n) is 7.95. The zero-order valence-corrected chi connectivity index (χ0v) is 14.3. The molecule has 130 valence electrons. The molecule has 5 heteroatoms. The quantitative estimate of drug-likeness (QED) is 0.507. The molecule has 0 amide bonds. The molecule has 1 N–H and O–H groups in total. The van der Waals surface area contributed by atoms with E-state index in [0.29, 0.717) is 31.3 Å². The summed E-state index contributed by atoms with van der Waals surface area (Å²) < 4.78 is 21.9. The lowest BCUT2D eigenvalue weighted by Crippen LogP contribution is -2.19. The minimum Gasteiger partial charge on any atom is -0.493 e. The standard InChI is InChI=1S/C19H25NO4/c1-21-12-11-20-13-17-9-6-10-18(22-2)19(17)24-15-23-14-16-7-4-3-5-8-16/h3-10,20H,11-15H2,1-2H3. The first kappa shape index (κ1) is 18.3. The first-order valence-corrected chi connectivity index (χ1v) is 7.95. The average Bonchev–Trinajstić information content (AvgIpc) is 2.63. The molecule has 0 aliphatic heterocycles. The minimum absolute atomic E-state index is 0.167. The summed E-state index contributed by atoms with van der Waals surface area (Å²) in [7, 11) is 3.32. The maximum absolute atomic E-state index is 5.82. The van der Waals surface area contributed by atoms with Gasteiger partial charge in [0.1, 0.15) is 0 Å². The lowest BCUT2D eigenvalue weighted by atomic mass is 10.2. The number of nitrogens with one attached hydrogen (secondary N) is 1. The third-order valence-corrected chi connectivity index (χ3v) is 3.48. The molecule has 0 spiro atoms. The van der Waals surface area contributed by atoms with Crippen LogP contribution >= 0.6 is 0 Å². The Balaban J connectivity index is 1.89. The van der Waals surface area contributed by atoms with Crippen LogP contribution < -0.4 is 14.8 Å². The molecule has 0 fully saturated rings. The van der Waals surface area contributed by atoms with E-state index >= 15 is 0 Å². The maximum atomic E-state index is 5.82. The van der Waals surface area contributed by atoms with Crippen LogP contribution in [0.5, 0.6) is 11.5 Å². The first-order chi connectivity index (χ1) is 11.8. The van der Waals surface area contributed by atoms with Crippen molar-refractivity contribution in [1.29, 1.82) is 0 Å². The van der Waals surface area contributed by atoms with Crippen molar-refractivity contribution < 1.29 is 18.9 Å². The molecular weight excluding hydrogens is 306 g/mol. The largest absolute Gasteiger partial charge is 0.493 e. The highest BCUT2D eigenvalue weighted by Gasteiger charge is 2.10. The van der Waals surface area contributed by atoms with Gasteiger partial charge in [-0.15, -0.1) is 0 Å². The Morgan fingerprint density at radius 2 is 1.79 bits per heavy atom. The van der Waals surface area contributed by atoms with Gasteiger partial charge in [0.25, 0.3) is 0 Å². The van der Waals surface area contributed by atoms with E-state index in [1.54, 1.807) is 14.2 Å². The van der Waals surface area contributed by atoms with Crippen LogP contribution in [0.15, 0.2) is 48.5 Å². The van der Waals surface area contributed by atoms with Gasteiger partial charge in [0.15, 0.2) is 18.3 Å². The third-order valence-electron chi connectivity index (χ3n) is 3.48. The van der Waals surface area contributed by atoms with Gasteiger partial charge in [-0.3, -0.25) is 0 Å². The van der Waals surface area contributed by atoms with Crippen LogP contribution in [0, 0.1) is 0 Å². The summed E-state index contributed by atoms with van der Waals surface area (Å²) in [5.74, 6) is 1.40. The maximum Gasteiger partial charge on any atom is 0.189 e. The van der Waals surface area contributed by atoms with Crippen molar-refractivity contribution in [3.63, 3.8) is 0 Å². The van der Waals surface area contributed by atoms with Gasteiger partial charge >= 0.3 is 0 Å². The van der Waals surface area contributed by atoms with E-state index in [9.17, 15) is 0 Å². The highest BCUT2D eigenvalue weighted by Crippen LogP contribution is 2.31. The molecule has 0 aromatic heterocycles. The summed E-state index contributed by atoms with van der Waals surface area (Å²) in [6.45, 7) is 2.80. The van der Waals surface area contributed by atoms with Crippen LogP contribution in [0.1, 0.15) is 11.1 Å². The summed E-state index contributed by atoms with van der Waals surface area (Å²) >= 11 is 0. The van der Waals surface area contributed by atoms with Crippen molar-refractivity contribution in [3.05, 3.63) is 59.7 Å². The zero-order chi connectivity index (χ0) is 17.0. The minimum atomic E-state index is 0.167. The van der Waals surface area contributed by atoms with Crippen molar-refractivity contribution in [2.45, 2.75) is 13.2 Å². The number of rotatable bonds is 11. The Bertz CT molecular complexity index is 589. The molecule has 0 aliphatic carbocycles. The lowest BCUT2D eigenvalue weighted by Gasteiger charge is -2.15. The van der Waals surface area contributed by atoms with Crippen molar-refractivity contribution in [2.24, 2.45) is 0 Å². The van der Waals surface area contributed by atoms with Crippen LogP contribution in [-0.2, 0) is 22.6 Å². The summed E-state index contributed by atoms with van der Waals surface area (Å²) in [6, 6.07) is 15.8. The van der Waals surface area contributed by atoms with Crippen LogP contribution in [0.2, 0.25) is 0 Å². The predicted octanol–water partition coefficient (Wildman–Crippen LogP) is 2.98. The fourth-order valence-corrected chi connectivity index (χ4v) is 2.26. The second kappa shape index (κ2) is 10.6. The van der Waals surface area contributed by atoms with E-state index < -0.39 is 0 Å². The van der Waals surface area contributed by atoms with Gasteiger partial charge < -0.3 is 24.3 Å². The topological polar surface area (TPSA) is 49.0 Å². The Morgan fingerprint density at radius 1 is 0.958 bits per heavy atom. The van der Waals surface area contributed by atoms with E-state index in [2.05, 4.69) is 5.32 Å². The van der Waals surface area contributed by atoms with Crippen LogP contribution in [-0.4, -0.2) is 34.2 Å². The fraction of sp³-hybridized carbons (Fsp3) is 0.368. The van der Waals surface area contributed by atoms with Crippen molar-refractivity contribution >= 4 is 0 Å². The van der Waals surface area contributed by atoms with Crippen molar-refractivity contribution in [2.75, 3.05) is 34.2 Å². The summed E-state index contributed by atoms with van der Waals surface area (Å²) in [5, 5.41) is 3.31. The molecule has 0 aliphatic rings. The molecule has 5 nitrogen and oxygen atoms in total. The Morgan fingerprint density at radius 3 is 2.54 bits per heavy atom. The molecule has 2 aromatic rings. The van der Waals surface area contributed by atoms with Gasteiger partial charge in [0.05, 0.1) is 20.3 Å². The molecule has 0 saturated carbocycles. The zero-order valence-electron chi connectivity index (χ0n) is 14.3. The van der Waals surface area contributed by atoms with Crippen LogP contribution in [0.25, 0.3) is 0 Å². The van der Waals surface area contributed by atoms with E-state index in [1.165, 1.54) is 0 Å². The van der Waals surface area contributed by atoms with E-state index in [1.807, 2.05) is 48.5 Å². The number of hydrogen-bond acceptors (Lipinski definition) is 5. The van der Waals surface area contributed by atoms with Crippen molar-refractivity contribution in [3.8, 4) is 11.5 Å². The molecule has 0 radical (unpaired) electrons. The second-order valence-corrected chi connectivity index (χ2v) is 5.21. The summed E-state index contributed by atoms with van der Waals surface area (Å²) in [6.07, 6.45) is 0. The summed E-state index contributed by atoms with van der Waals surface area (Å²) in [5.41, 5.74) is 2.14. The van der Waals surface area contributed by atoms with Gasteiger partial charge in [-0.05, 0) is 11.6 Å². The fourth-order valence-electron chi connectivity index (χ4n) is 2.26. The van der Waals surface area contributed by atoms with Crippen molar-refractivity contribution in [1.82, 2.24) is 5.32 Å². The number of benzene rings is 2. The highest BCUT2D eigenvalue weighted by molar-refractivity contribution is 5.46. The predicted molar refractivity (Wildman–Crippen MR) is 93.3 cm³/mol. The van der Waals surface area contributed by atoms with Gasteiger partial charge in [-0.25, -0.2) is 0 Å². The number of ether oxygens (including phenoxy) is 4. The number of methoxy groups -OCH3 is 2. The molecule has 0 unspecified atom stereocenters. The van der Waals surface area contributed by atoms with Gasteiger partial charge in [0, 0.05) is 25.8 Å². The van der Waals surface area contributed by atoms with Gasteiger partial charge in [-0.2, -0.15) is 0 Å². The second-order valence-electron chi connectivity index (χ2n) is 5.21. The van der Waals surface area contributed by atoms with Crippen LogP contribution in [0.4, 0.5) is 0 Å². The van der Waals surface area contributed by atoms with Gasteiger partial charge in [-0.1, -0.05) is 42.5 Å². The molecule has 0 bridgehead atoms. The number of hydrogen-bond donors (Lipinski definition) is 1. The normalized spacial score (nSPS) is 10.6. The van der Waals surface area contributed by atoms with E-state index in [0.717, 1.165) is 17.7 Å². The van der Waals surface area contributed by atoms with Crippen LogP contribution in [0.3, 0.4) is 0 Å². The Labute approximate surface area is 143 Å². The van der Waals surface area contributed by atoms with E-state index in [4.69, 9.17) is 18.9 Å².